The lowest BCUT2D eigenvalue weighted by Crippen LogP contribution is -2.61. The number of pyridine rings is 1. The molecule has 1 aliphatic carbocycles. The Kier molecular flexibility index (Phi) is 9.36. The Morgan fingerprint density at radius 1 is 0.977 bits per heavy atom. The van der Waals surface area contributed by atoms with Gasteiger partial charge in [-0.2, -0.15) is 0 Å². The average Bonchev–Trinajstić information content (AvgIpc) is 3.01. The summed E-state index contributed by atoms with van der Waals surface area (Å²) in [4.78, 5) is 58.7. The van der Waals surface area contributed by atoms with Crippen LogP contribution in [-0.4, -0.2) is 69.6 Å². The third-order valence-electron chi connectivity index (χ3n) is 8.98. The van der Waals surface area contributed by atoms with Gasteiger partial charge in [-0.3, -0.25) is 29.2 Å². The molecular weight excluding hydrogens is 562 g/mol. The molecule has 1 aromatic heterocycles. The van der Waals surface area contributed by atoms with E-state index in [0.717, 1.165) is 16.5 Å². The summed E-state index contributed by atoms with van der Waals surface area (Å²) in [6, 6.07) is 7.74. The van der Waals surface area contributed by atoms with Gasteiger partial charge in [0.15, 0.2) is 6.10 Å². The molecular formula is C33H43N5O6. The van der Waals surface area contributed by atoms with Gasteiger partial charge in [0.25, 0.3) is 11.8 Å². The number of ether oxygens (including phenoxy) is 1. The number of aliphatic hydroxyl groups excluding tert-OH is 1. The van der Waals surface area contributed by atoms with Crippen molar-refractivity contribution < 1.29 is 29.0 Å². The zero-order valence-electron chi connectivity index (χ0n) is 25.8. The number of carbonyl (C=O) groups is 4. The van der Waals surface area contributed by atoms with Gasteiger partial charge in [-0.15, -0.1) is 0 Å². The number of benzene rings is 1. The number of fused-ring (bicyclic) bond motifs is 4. The Labute approximate surface area is 257 Å². The molecule has 2 aromatic rings. The summed E-state index contributed by atoms with van der Waals surface area (Å²) in [7, 11) is 0. The molecule has 1 spiro atoms. The smallest absolute Gasteiger partial charge is 0.316 e. The maximum absolute atomic E-state index is 13.9. The lowest BCUT2D eigenvalue weighted by Gasteiger charge is -2.36. The second-order valence-corrected chi connectivity index (χ2v) is 12.8. The van der Waals surface area contributed by atoms with Crippen LogP contribution in [0.4, 0.5) is 0 Å². The van der Waals surface area contributed by atoms with Gasteiger partial charge in [0, 0.05) is 11.9 Å². The van der Waals surface area contributed by atoms with E-state index in [1.54, 1.807) is 20.8 Å². The summed E-state index contributed by atoms with van der Waals surface area (Å²) in [6.07, 6.45) is 4.84. The van der Waals surface area contributed by atoms with Crippen molar-refractivity contribution in [3.63, 3.8) is 0 Å². The van der Waals surface area contributed by atoms with Crippen molar-refractivity contribution in [1.29, 1.82) is 0 Å². The molecule has 1 aromatic carbocycles. The van der Waals surface area contributed by atoms with E-state index in [1.807, 2.05) is 49.4 Å². The first-order valence-electron chi connectivity index (χ1n) is 15.6. The molecule has 236 valence electrons. The molecule has 4 atom stereocenters. The highest BCUT2D eigenvalue weighted by Crippen LogP contribution is 2.40. The van der Waals surface area contributed by atoms with Crippen LogP contribution in [0.25, 0.3) is 17.0 Å². The molecule has 3 amide bonds. The fraction of sp³-hybridized carbons (Fsp3) is 0.545. The fourth-order valence-electron chi connectivity index (χ4n) is 6.15. The summed E-state index contributed by atoms with van der Waals surface area (Å²) >= 11 is 0. The number of hydrogen-bond donors (Lipinski definition) is 4. The van der Waals surface area contributed by atoms with Crippen LogP contribution in [0, 0.1) is 11.3 Å². The van der Waals surface area contributed by atoms with Crippen LogP contribution in [-0.2, 0) is 23.9 Å². The number of aliphatic hydroxyl groups is 1. The van der Waals surface area contributed by atoms with E-state index in [1.165, 1.54) is 5.01 Å². The van der Waals surface area contributed by atoms with Crippen molar-refractivity contribution in [2.45, 2.75) is 96.6 Å². The Bertz CT molecular complexity index is 1450. The fourth-order valence-corrected chi connectivity index (χ4v) is 6.15. The van der Waals surface area contributed by atoms with E-state index in [-0.39, 0.29) is 17.9 Å². The maximum Gasteiger partial charge on any atom is 0.316 e. The topological polar surface area (TPSA) is 150 Å². The summed E-state index contributed by atoms with van der Waals surface area (Å²) in [5, 5.41) is 18.3. The number of esters is 1. The van der Waals surface area contributed by atoms with Crippen LogP contribution in [0.15, 0.2) is 36.4 Å². The van der Waals surface area contributed by atoms with Crippen LogP contribution in [0.1, 0.15) is 83.5 Å². The van der Waals surface area contributed by atoms with Crippen molar-refractivity contribution in [2.75, 3.05) is 6.54 Å². The number of amides is 3. The molecule has 0 unspecified atom stereocenters. The van der Waals surface area contributed by atoms with Gasteiger partial charge in [-0.05, 0) is 76.0 Å². The van der Waals surface area contributed by atoms with Crippen LogP contribution in [0.2, 0.25) is 0 Å². The monoisotopic (exact) mass is 605 g/mol. The number of nitrogens with zero attached hydrogens (tertiary/aromatic N) is 2. The van der Waals surface area contributed by atoms with E-state index in [0.29, 0.717) is 50.8 Å². The molecule has 44 heavy (non-hydrogen) atoms. The molecule has 11 nitrogen and oxygen atoms in total. The van der Waals surface area contributed by atoms with E-state index >= 15 is 0 Å². The van der Waals surface area contributed by atoms with E-state index < -0.39 is 47.5 Å². The molecule has 2 fully saturated rings. The first-order chi connectivity index (χ1) is 21.0. The lowest BCUT2D eigenvalue weighted by atomic mass is 9.72. The van der Waals surface area contributed by atoms with Gasteiger partial charge < -0.3 is 20.5 Å². The van der Waals surface area contributed by atoms with Crippen LogP contribution in [0.5, 0.6) is 0 Å². The van der Waals surface area contributed by atoms with Crippen molar-refractivity contribution in [3.05, 3.63) is 47.7 Å². The zero-order chi connectivity index (χ0) is 31.6. The second kappa shape index (κ2) is 13.0. The maximum atomic E-state index is 13.9. The molecule has 11 heteroatoms. The molecule has 3 aliphatic rings. The number of hydrazine groups is 1. The van der Waals surface area contributed by atoms with E-state index in [2.05, 4.69) is 16.1 Å². The molecule has 3 heterocycles. The zero-order valence-corrected chi connectivity index (χ0v) is 25.8. The standard InChI is InChI=1S/C33H43N5O6/c1-19(2)28-30(41)35-21(4)31(42)38-17-5-6-26(37-38)29(40)34-20(3)25-10-9-23-8-7-22(18-27(23)36-25)11-14-33(32(43)44-28)15-12-24(39)13-16-33/h7-11,14,18-21,24,26,28,37,39H,5-6,12-13,15-17H2,1-4H3,(H,34,40)(H,35,41)/b14-11+/t20-,21+,24-,26+,28+,33-/m1/s1. The molecule has 5 bridgehead atoms. The average molecular weight is 606 g/mol. The molecule has 1 saturated heterocycles. The molecule has 4 N–H and O–H groups in total. The van der Waals surface area contributed by atoms with Crippen LogP contribution >= 0.6 is 0 Å². The number of aromatic nitrogens is 1. The largest absolute Gasteiger partial charge is 0.451 e. The molecule has 2 aliphatic heterocycles. The highest BCUT2D eigenvalue weighted by atomic mass is 16.5. The Hall–Kier alpha value is -3.83. The molecule has 5 rings (SSSR count). The van der Waals surface area contributed by atoms with Gasteiger partial charge in [-0.25, -0.2) is 5.43 Å². The van der Waals surface area contributed by atoms with Crippen molar-refractivity contribution in [3.8, 4) is 0 Å². The van der Waals surface area contributed by atoms with Crippen LogP contribution < -0.4 is 16.1 Å². The van der Waals surface area contributed by atoms with Crippen molar-refractivity contribution in [2.24, 2.45) is 11.3 Å². The number of rotatable bonds is 1. The summed E-state index contributed by atoms with van der Waals surface area (Å²) in [5.74, 6) is -2.09. The highest BCUT2D eigenvalue weighted by Gasteiger charge is 2.43. The summed E-state index contributed by atoms with van der Waals surface area (Å²) in [5.41, 5.74) is 4.27. The van der Waals surface area contributed by atoms with Gasteiger partial charge in [0.1, 0.15) is 12.1 Å². The minimum atomic E-state index is -1.12. The minimum Gasteiger partial charge on any atom is -0.451 e. The predicted molar refractivity (Wildman–Crippen MR) is 164 cm³/mol. The normalized spacial score (nSPS) is 31.5. The van der Waals surface area contributed by atoms with E-state index in [4.69, 9.17) is 9.72 Å². The van der Waals surface area contributed by atoms with Gasteiger partial charge in [-0.1, -0.05) is 44.2 Å². The second-order valence-electron chi connectivity index (χ2n) is 12.8. The minimum absolute atomic E-state index is 0.245. The van der Waals surface area contributed by atoms with Crippen molar-refractivity contribution >= 4 is 40.7 Å². The summed E-state index contributed by atoms with van der Waals surface area (Å²) in [6.45, 7) is 7.39. The number of carbonyl (C=O) groups excluding carboxylic acids is 4. The van der Waals surface area contributed by atoms with Crippen LogP contribution in [0.3, 0.4) is 0 Å². The third-order valence-corrected chi connectivity index (χ3v) is 8.98. The molecule has 0 radical (unpaired) electrons. The predicted octanol–water partition coefficient (Wildman–Crippen LogP) is 2.93. The number of hydrogen-bond acceptors (Lipinski definition) is 8. The number of nitrogens with one attached hydrogen (secondary N) is 3. The van der Waals surface area contributed by atoms with Gasteiger partial charge in [0.05, 0.1) is 28.8 Å². The van der Waals surface area contributed by atoms with Crippen molar-refractivity contribution in [1.82, 2.24) is 26.1 Å². The highest BCUT2D eigenvalue weighted by molar-refractivity contribution is 5.92. The molecule has 1 saturated carbocycles. The Morgan fingerprint density at radius 2 is 1.68 bits per heavy atom. The first-order valence-corrected chi connectivity index (χ1v) is 15.6. The van der Waals surface area contributed by atoms with E-state index in [9.17, 15) is 24.3 Å². The van der Waals surface area contributed by atoms with Gasteiger partial charge >= 0.3 is 5.97 Å². The Balaban J connectivity index is 1.53. The number of cyclic esters (lactones) is 1. The summed E-state index contributed by atoms with van der Waals surface area (Å²) < 4.78 is 5.93. The SMILES string of the molecule is CC(C)[C@@H]1OC(=O)[C@]2(/C=C/c3ccc4ccc(nc4c3)[C@@H](C)NC(=O)[C@@H]3CCCN(N3)C(=O)[C@H](C)NC1=O)CC[C@@H](O)CC2. The third kappa shape index (κ3) is 6.78. The quantitative estimate of drug-likeness (QED) is 0.363. The lowest BCUT2D eigenvalue weighted by molar-refractivity contribution is -0.168. The first kappa shape index (κ1) is 31.6. The Morgan fingerprint density at radius 3 is 2.41 bits per heavy atom. The van der Waals surface area contributed by atoms with Gasteiger partial charge in [0.2, 0.25) is 5.91 Å².